The van der Waals surface area contributed by atoms with Crippen molar-refractivity contribution in [2.24, 2.45) is 0 Å². The van der Waals surface area contributed by atoms with Gasteiger partial charge >= 0.3 is 6.03 Å². The van der Waals surface area contributed by atoms with Crippen LogP contribution in [-0.4, -0.2) is 64.0 Å². The van der Waals surface area contributed by atoms with Gasteiger partial charge in [0, 0.05) is 39.1 Å². The van der Waals surface area contributed by atoms with Crippen LogP contribution < -0.4 is 10.2 Å². The molecule has 8 heteroatoms. The summed E-state index contributed by atoms with van der Waals surface area (Å²) in [5.74, 6) is 2.40. The number of aromatic nitrogens is 4. The molecule has 1 saturated heterocycles. The average molecular weight is 315 g/mol. The average Bonchev–Trinajstić information content (AvgIpc) is 3.12. The van der Waals surface area contributed by atoms with Gasteiger partial charge in [0.1, 0.15) is 5.82 Å². The van der Waals surface area contributed by atoms with Crippen LogP contribution in [0.15, 0.2) is 12.1 Å². The van der Waals surface area contributed by atoms with Crippen molar-refractivity contribution < 1.29 is 4.79 Å². The van der Waals surface area contributed by atoms with Crippen molar-refractivity contribution in [3.63, 3.8) is 0 Å². The lowest BCUT2D eigenvalue weighted by Gasteiger charge is -2.19. The highest BCUT2D eigenvalue weighted by molar-refractivity contribution is 5.74. The lowest BCUT2D eigenvalue weighted by Crippen LogP contribution is -2.42. The number of hydrogen-bond acceptors (Lipinski definition) is 5. The Hall–Kier alpha value is -2.38. The quantitative estimate of drug-likeness (QED) is 0.908. The Bertz CT molecular complexity index is 737. The van der Waals surface area contributed by atoms with E-state index in [4.69, 9.17) is 5.10 Å². The van der Waals surface area contributed by atoms with Gasteiger partial charge in [0.25, 0.3) is 0 Å². The number of anilines is 1. The SMILES string of the molecule is CN(C)C(=O)NC1CCN(c2ccc3nnc(C4CC4)n3n2)C1. The molecule has 0 aromatic carbocycles. The minimum Gasteiger partial charge on any atom is -0.353 e. The smallest absolute Gasteiger partial charge is 0.317 e. The van der Waals surface area contributed by atoms with Gasteiger partial charge in [-0.1, -0.05) is 0 Å². The van der Waals surface area contributed by atoms with Gasteiger partial charge in [-0.25, -0.2) is 4.79 Å². The van der Waals surface area contributed by atoms with E-state index < -0.39 is 0 Å². The highest BCUT2D eigenvalue weighted by Crippen LogP contribution is 2.38. The third-order valence-corrected chi connectivity index (χ3v) is 4.46. The van der Waals surface area contributed by atoms with E-state index in [1.54, 1.807) is 19.0 Å². The van der Waals surface area contributed by atoms with Crippen LogP contribution in [0.1, 0.15) is 31.0 Å². The Morgan fingerprint density at radius 3 is 2.83 bits per heavy atom. The molecule has 1 unspecified atom stereocenters. The Morgan fingerprint density at radius 2 is 2.09 bits per heavy atom. The molecule has 1 atom stereocenters. The summed E-state index contributed by atoms with van der Waals surface area (Å²) < 4.78 is 1.87. The molecular formula is C15H21N7O. The molecule has 0 radical (unpaired) electrons. The van der Waals surface area contributed by atoms with Crippen LogP contribution in [0.3, 0.4) is 0 Å². The number of nitrogens with one attached hydrogen (secondary N) is 1. The van der Waals surface area contributed by atoms with Crippen LogP contribution in [-0.2, 0) is 0 Å². The minimum absolute atomic E-state index is 0.0462. The second-order valence-corrected chi connectivity index (χ2v) is 6.57. The van der Waals surface area contributed by atoms with Crippen LogP contribution in [0.4, 0.5) is 10.6 Å². The zero-order chi connectivity index (χ0) is 16.0. The minimum atomic E-state index is -0.0462. The summed E-state index contributed by atoms with van der Waals surface area (Å²) in [7, 11) is 3.51. The van der Waals surface area contributed by atoms with Gasteiger partial charge < -0.3 is 15.1 Å². The molecule has 1 N–H and O–H groups in total. The van der Waals surface area contributed by atoms with Gasteiger partial charge in [-0.05, 0) is 31.4 Å². The van der Waals surface area contributed by atoms with E-state index >= 15 is 0 Å². The van der Waals surface area contributed by atoms with Crippen LogP contribution in [0, 0.1) is 0 Å². The van der Waals surface area contributed by atoms with Crippen LogP contribution >= 0.6 is 0 Å². The largest absolute Gasteiger partial charge is 0.353 e. The third-order valence-electron chi connectivity index (χ3n) is 4.46. The first kappa shape index (κ1) is 14.2. The van der Waals surface area contributed by atoms with Crippen molar-refractivity contribution in [1.82, 2.24) is 30.0 Å². The van der Waals surface area contributed by atoms with Gasteiger partial charge in [0.15, 0.2) is 11.5 Å². The summed E-state index contributed by atoms with van der Waals surface area (Å²) in [4.78, 5) is 15.5. The molecule has 2 fully saturated rings. The number of rotatable bonds is 3. The van der Waals surface area contributed by atoms with E-state index in [1.165, 1.54) is 12.8 Å². The van der Waals surface area contributed by atoms with Gasteiger partial charge in [-0.2, -0.15) is 4.52 Å². The summed E-state index contributed by atoms with van der Waals surface area (Å²) in [5.41, 5.74) is 0.798. The molecule has 23 heavy (non-hydrogen) atoms. The van der Waals surface area contributed by atoms with Crippen molar-refractivity contribution in [3.05, 3.63) is 18.0 Å². The number of carbonyl (C=O) groups excluding carboxylic acids is 1. The third kappa shape index (κ3) is 2.69. The highest BCUT2D eigenvalue weighted by Gasteiger charge is 2.30. The van der Waals surface area contributed by atoms with E-state index in [9.17, 15) is 4.79 Å². The molecule has 1 aliphatic heterocycles. The predicted molar refractivity (Wildman–Crippen MR) is 85.6 cm³/mol. The summed E-state index contributed by atoms with van der Waals surface area (Å²) in [6.07, 6.45) is 3.28. The number of hydrogen-bond donors (Lipinski definition) is 1. The summed E-state index contributed by atoms with van der Waals surface area (Å²) in [6, 6.07) is 4.06. The Kier molecular flexibility index (Phi) is 3.32. The Labute approximate surface area is 134 Å². The lowest BCUT2D eigenvalue weighted by atomic mass is 10.3. The molecule has 2 aromatic heterocycles. The monoisotopic (exact) mass is 315 g/mol. The van der Waals surface area contributed by atoms with E-state index in [0.717, 1.165) is 36.8 Å². The Morgan fingerprint density at radius 1 is 1.26 bits per heavy atom. The maximum Gasteiger partial charge on any atom is 0.317 e. The second-order valence-electron chi connectivity index (χ2n) is 6.57. The van der Waals surface area contributed by atoms with Crippen LogP contribution in [0.25, 0.3) is 5.65 Å². The summed E-state index contributed by atoms with van der Waals surface area (Å²) >= 11 is 0. The Balaban J connectivity index is 1.51. The number of fused-ring (bicyclic) bond motifs is 1. The molecule has 122 valence electrons. The fraction of sp³-hybridized carbons (Fsp3) is 0.600. The standard InChI is InChI=1S/C15H21N7O/c1-20(2)15(23)16-11-7-8-21(9-11)13-6-5-12-17-18-14(10-3-4-10)22(12)19-13/h5-6,10-11H,3-4,7-9H2,1-2H3,(H,16,23). The molecule has 1 aliphatic carbocycles. The number of urea groups is 1. The second kappa shape index (κ2) is 5.36. The van der Waals surface area contributed by atoms with E-state index in [2.05, 4.69) is 20.4 Å². The van der Waals surface area contributed by atoms with Crippen molar-refractivity contribution in [2.75, 3.05) is 32.1 Å². The number of amides is 2. The molecule has 2 aliphatic rings. The highest BCUT2D eigenvalue weighted by atomic mass is 16.2. The molecule has 2 amide bonds. The summed E-state index contributed by atoms with van der Waals surface area (Å²) in [6.45, 7) is 1.66. The lowest BCUT2D eigenvalue weighted by molar-refractivity contribution is 0.214. The van der Waals surface area contributed by atoms with Gasteiger partial charge in [-0.3, -0.25) is 0 Å². The van der Waals surface area contributed by atoms with Crippen molar-refractivity contribution >= 4 is 17.5 Å². The van der Waals surface area contributed by atoms with Gasteiger partial charge in [0.05, 0.1) is 0 Å². The zero-order valence-corrected chi connectivity index (χ0v) is 13.4. The number of nitrogens with zero attached hydrogens (tertiary/aromatic N) is 6. The molecule has 8 nitrogen and oxygen atoms in total. The fourth-order valence-electron chi connectivity index (χ4n) is 2.95. The normalized spacial score (nSPS) is 21.0. The predicted octanol–water partition coefficient (Wildman–Crippen LogP) is 0.852. The van der Waals surface area contributed by atoms with Crippen molar-refractivity contribution in [2.45, 2.75) is 31.2 Å². The van der Waals surface area contributed by atoms with Crippen LogP contribution in [0.5, 0.6) is 0 Å². The van der Waals surface area contributed by atoms with Gasteiger partial charge in [-0.15, -0.1) is 15.3 Å². The first-order chi connectivity index (χ1) is 11.1. The van der Waals surface area contributed by atoms with Crippen LogP contribution in [0.2, 0.25) is 0 Å². The molecular weight excluding hydrogens is 294 g/mol. The van der Waals surface area contributed by atoms with Crippen molar-refractivity contribution in [3.8, 4) is 0 Å². The molecule has 1 saturated carbocycles. The molecule has 0 spiro atoms. The molecule has 0 bridgehead atoms. The van der Waals surface area contributed by atoms with E-state index in [0.29, 0.717) is 5.92 Å². The van der Waals surface area contributed by atoms with E-state index in [1.807, 2.05) is 16.6 Å². The zero-order valence-electron chi connectivity index (χ0n) is 13.4. The number of carbonyl (C=O) groups is 1. The van der Waals surface area contributed by atoms with Crippen molar-refractivity contribution in [1.29, 1.82) is 0 Å². The fourth-order valence-corrected chi connectivity index (χ4v) is 2.95. The summed E-state index contributed by atoms with van der Waals surface area (Å²) in [5, 5.41) is 16.2. The maximum absolute atomic E-state index is 11.8. The molecule has 3 heterocycles. The van der Waals surface area contributed by atoms with E-state index in [-0.39, 0.29) is 12.1 Å². The molecule has 2 aromatic rings. The maximum atomic E-state index is 11.8. The molecule has 4 rings (SSSR count). The topological polar surface area (TPSA) is 78.7 Å². The van der Waals surface area contributed by atoms with Gasteiger partial charge in [0.2, 0.25) is 0 Å². The first-order valence-corrected chi connectivity index (χ1v) is 8.07. The first-order valence-electron chi connectivity index (χ1n) is 8.07.